The summed E-state index contributed by atoms with van der Waals surface area (Å²) in [6.07, 6.45) is -5.54. The van der Waals surface area contributed by atoms with Crippen molar-refractivity contribution in [1.29, 1.82) is 0 Å². The van der Waals surface area contributed by atoms with Gasteiger partial charge in [0.25, 0.3) is 5.92 Å². The average Bonchev–Trinajstić information content (AvgIpc) is 2.49. The summed E-state index contributed by atoms with van der Waals surface area (Å²) < 4.78 is 75.8. The molecule has 24 heavy (non-hydrogen) atoms. The van der Waals surface area contributed by atoms with Crippen LogP contribution in [0.1, 0.15) is 51.5 Å². The summed E-state index contributed by atoms with van der Waals surface area (Å²) in [7, 11) is 1.69. The fraction of sp³-hybridized carbons (Fsp3) is 0.500. The number of pyridine rings is 1. The molecule has 1 aromatic heterocycles. The Hall–Kier alpha value is -2.26. The van der Waals surface area contributed by atoms with Crippen LogP contribution >= 0.6 is 0 Å². The van der Waals surface area contributed by atoms with Gasteiger partial charge in [0, 0.05) is 6.92 Å². The lowest BCUT2D eigenvalue weighted by molar-refractivity contribution is -0.142. The molecule has 0 radical (unpaired) electrons. The van der Waals surface area contributed by atoms with Crippen LogP contribution in [0, 0.1) is 0 Å². The molecule has 0 spiro atoms. The van der Waals surface area contributed by atoms with Crippen LogP contribution in [-0.2, 0) is 28.0 Å². The predicted molar refractivity (Wildman–Crippen MR) is 70.9 cm³/mol. The van der Waals surface area contributed by atoms with Crippen LogP contribution in [0.25, 0.3) is 0 Å². The molecule has 0 amide bonds. The number of carbonyl (C=O) groups is 2. The summed E-state index contributed by atoms with van der Waals surface area (Å²) in [6, 6.07) is 0. The molecule has 0 aliphatic heterocycles. The van der Waals surface area contributed by atoms with Gasteiger partial charge < -0.3 is 9.47 Å². The zero-order valence-corrected chi connectivity index (χ0v) is 13.2. The minimum absolute atomic E-state index is 0.291. The quantitative estimate of drug-likeness (QED) is 0.612. The van der Waals surface area contributed by atoms with Crippen LogP contribution in [0.5, 0.6) is 0 Å². The van der Waals surface area contributed by atoms with Gasteiger partial charge in [-0.1, -0.05) is 6.92 Å². The lowest BCUT2D eigenvalue weighted by Gasteiger charge is -2.22. The number of rotatable bonds is 4. The highest BCUT2D eigenvalue weighted by atomic mass is 19.4. The second-order valence-electron chi connectivity index (χ2n) is 4.76. The van der Waals surface area contributed by atoms with Crippen molar-refractivity contribution in [2.24, 2.45) is 0 Å². The minimum atomic E-state index is -5.21. The fourth-order valence-corrected chi connectivity index (χ4v) is 2.15. The molecule has 1 heterocycles. The molecular formula is C14H14F5NO4. The molecule has 0 bridgehead atoms. The van der Waals surface area contributed by atoms with Gasteiger partial charge in [-0.15, -0.1) is 0 Å². The number of esters is 2. The highest BCUT2D eigenvalue weighted by Gasteiger charge is 2.45. The van der Waals surface area contributed by atoms with E-state index in [0.717, 1.165) is 14.2 Å². The lowest BCUT2D eigenvalue weighted by atomic mass is 9.93. The number of carbonyl (C=O) groups excluding carboxylic acids is 2. The smallest absolute Gasteiger partial charge is 0.434 e. The average molecular weight is 355 g/mol. The Bertz CT molecular complexity index is 612. The number of aromatic nitrogens is 1. The maximum absolute atomic E-state index is 13.8. The predicted octanol–water partition coefficient (Wildman–Crippen LogP) is 3.35. The van der Waals surface area contributed by atoms with Gasteiger partial charge in [-0.05, 0) is 12.0 Å². The van der Waals surface area contributed by atoms with Gasteiger partial charge in [0.05, 0.1) is 25.3 Å². The second-order valence-corrected chi connectivity index (χ2v) is 4.76. The highest BCUT2D eigenvalue weighted by Crippen LogP contribution is 2.39. The third-order valence-corrected chi connectivity index (χ3v) is 3.12. The number of nitrogens with zero attached hydrogens (tertiary/aromatic N) is 1. The van der Waals surface area contributed by atoms with Crippen LogP contribution in [0.15, 0.2) is 0 Å². The third-order valence-electron chi connectivity index (χ3n) is 3.12. The molecule has 5 nitrogen and oxygen atoms in total. The van der Waals surface area contributed by atoms with E-state index in [2.05, 4.69) is 14.5 Å². The van der Waals surface area contributed by atoms with E-state index in [1.54, 1.807) is 0 Å². The monoisotopic (exact) mass is 355 g/mol. The van der Waals surface area contributed by atoms with Gasteiger partial charge in [0.15, 0.2) is 5.69 Å². The first-order valence-electron chi connectivity index (χ1n) is 6.59. The van der Waals surface area contributed by atoms with E-state index in [0.29, 0.717) is 6.92 Å². The van der Waals surface area contributed by atoms with Crippen molar-refractivity contribution >= 4 is 11.9 Å². The summed E-state index contributed by atoms with van der Waals surface area (Å²) in [5, 5.41) is 0. The van der Waals surface area contributed by atoms with Crippen molar-refractivity contribution in [3.8, 4) is 0 Å². The molecule has 0 N–H and O–H groups in total. The van der Waals surface area contributed by atoms with Crippen molar-refractivity contribution in [3.63, 3.8) is 0 Å². The number of hydrogen-bond donors (Lipinski definition) is 0. The first kappa shape index (κ1) is 19.8. The molecule has 0 aromatic carbocycles. The second kappa shape index (κ2) is 6.70. The maximum atomic E-state index is 13.8. The van der Waals surface area contributed by atoms with Crippen LogP contribution < -0.4 is 0 Å². The number of alkyl halides is 5. The molecular weight excluding hydrogens is 341 g/mol. The van der Waals surface area contributed by atoms with Gasteiger partial charge in [0.2, 0.25) is 0 Å². The molecule has 0 unspecified atom stereocenters. The van der Waals surface area contributed by atoms with Crippen molar-refractivity contribution in [2.75, 3.05) is 14.2 Å². The normalized spacial score (nSPS) is 12.0. The number of ether oxygens (including phenoxy) is 2. The van der Waals surface area contributed by atoms with Gasteiger partial charge in [-0.2, -0.15) is 22.0 Å². The molecule has 0 aliphatic carbocycles. The van der Waals surface area contributed by atoms with E-state index in [-0.39, 0.29) is 6.42 Å². The van der Waals surface area contributed by atoms with Gasteiger partial charge in [-0.3, -0.25) is 0 Å². The summed E-state index contributed by atoms with van der Waals surface area (Å²) in [4.78, 5) is 26.5. The number of methoxy groups -OCH3 is 2. The van der Waals surface area contributed by atoms with Crippen LogP contribution in [0.3, 0.4) is 0 Å². The summed E-state index contributed by atoms with van der Waals surface area (Å²) in [5.41, 5.74) is -5.77. The summed E-state index contributed by atoms with van der Waals surface area (Å²) >= 11 is 0. The zero-order chi connectivity index (χ0) is 18.9. The Kier molecular flexibility index (Phi) is 5.52. The molecule has 0 fully saturated rings. The molecule has 10 heteroatoms. The minimum Gasteiger partial charge on any atom is -0.465 e. The Labute approximate surface area is 133 Å². The van der Waals surface area contributed by atoms with Crippen LogP contribution in [0.4, 0.5) is 22.0 Å². The first-order chi connectivity index (χ1) is 10.9. The molecule has 0 aliphatic rings. The molecule has 0 saturated heterocycles. The van der Waals surface area contributed by atoms with E-state index in [4.69, 9.17) is 0 Å². The van der Waals surface area contributed by atoms with Gasteiger partial charge >= 0.3 is 18.1 Å². The standard InChI is InChI=1S/C14H14F5NO4/c1-5-6-7(11(21)23-3)9(13(2,15)16)20-10(14(17,18)19)8(6)12(22)24-4/h5H2,1-4H3. The molecule has 1 rings (SSSR count). The Morgan fingerprint density at radius 1 is 0.958 bits per heavy atom. The molecule has 0 saturated carbocycles. The van der Waals surface area contributed by atoms with E-state index in [1.165, 1.54) is 6.92 Å². The zero-order valence-electron chi connectivity index (χ0n) is 13.2. The topological polar surface area (TPSA) is 65.5 Å². The highest BCUT2D eigenvalue weighted by molar-refractivity contribution is 5.99. The summed E-state index contributed by atoms with van der Waals surface area (Å²) in [5.74, 6) is -6.64. The van der Waals surface area contributed by atoms with E-state index in [9.17, 15) is 31.5 Å². The SMILES string of the molecule is CCc1c(C(=O)OC)c(C(C)(F)F)nc(C(F)(F)F)c1C(=O)OC. The van der Waals surface area contributed by atoms with Crippen molar-refractivity contribution in [1.82, 2.24) is 4.98 Å². The van der Waals surface area contributed by atoms with Crippen molar-refractivity contribution in [3.05, 3.63) is 28.1 Å². The maximum Gasteiger partial charge on any atom is 0.434 e. The van der Waals surface area contributed by atoms with E-state index >= 15 is 0 Å². The molecule has 134 valence electrons. The molecule has 0 atom stereocenters. The van der Waals surface area contributed by atoms with Crippen molar-refractivity contribution in [2.45, 2.75) is 32.4 Å². The van der Waals surface area contributed by atoms with Gasteiger partial charge in [-0.25, -0.2) is 14.6 Å². The molecule has 1 aromatic rings. The fourth-order valence-electron chi connectivity index (χ4n) is 2.15. The summed E-state index contributed by atoms with van der Waals surface area (Å²) in [6.45, 7) is 1.59. The first-order valence-corrected chi connectivity index (χ1v) is 6.59. The Morgan fingerprint density at radius 2 is 1.38 bits per heavy atom. The Morgan fingerprint density at radius 3 is 1.67 bits per heavy atom. The largest absolute Gasteiger partial charge is 0.465 e. The number of hydrogen-bond acceptors (Lipinski definition) is 5. The van der Waals surface area contributed by atoms with E-state index in [1.807, 2.05) is 0 Å². The van der Waals surface area contributed by atoms with Crippen LogP contribution in [0.2, 0.25) is 0 Å². The van der Waals surface area contributed by atoms with Crippen LogP contribution in [-0.4, -0.2) is 31.1 Å². The van der Waals surface area contributed by atoms with Crippen molar-refractivity contribution < 1.29 is 41.0 Å². The third kappa shape index (κ3) is 3.62. The van der Waals surface area contributed by atoms with Gasteiger partial charge in [0.1, 0.15) is 5.69 Å². The van der Waals surface area contributed by atoms with E-state index < -0.39 is 52.1 Å². The Balaban J connectivity index is 4.09. The lowest BCUT2D eigenvalue weighted by Crippen LogP contribution is -2.27. The number of halogens is 5.